The number of benzene rings is 5. The molecule has 0 aliphatic heterocycles. The Labute approximate surface area is 312 Å². The van der Waals surface area contributed by atoms with E-state index in [2.05, 4.69) is 91.0 Å². The highest BCUT2D eigenvalue weighted by Crippen LogP contribution is 2.32. The lowest BCUT2D eigenvalue weighted by Gasteiger charge is -2.18. The first-order valence-corrected chi connectivity index (χ1v) is 19.6. The predicted molar refractivity (Wildman–Crippen MR) is 207 cm³/mol. The summed E-state index contributed by atoms with van der Waals surface area (Å²) in [7, 11) is -2.88. The maximum atomic E-state index is 12.0. The molecule has 0 saturated heterocycles. The lowest BCUT2D eigenvalue weighted by atomic mass is 10.2. The maximum absolute atomic E-state index is 12.0. The van der Waals surface area contributed by atoms with Gasteiger partial charge in [0.25, 0.3) is 10.1 Å². The largest absolute Gasteiger partial charge is 0.491 e. The third-order valence-corrected chi connectivity index (χ3v) is 11.2. The lowest BCUT2D eigenvalue weighted by molar-refractivity contribution is -0.385. The highest BCUT2D eigenvalue weighted by molar-refractivity contribution is 7.86. The van der Waals surface area contributed by atoms with Crippen molar-refractivity contribution in [1.29, 1.82) is 0 Å². The summed E-state index contributed by atoms with van der Waals surface area (Å²) in [5, 5.41) is 15.1. The second kappa shape index (κ2) is 22.4. The van der Waals surface area contributed by atoms with E-state index >= 15 is 0 Å². The van der Waals surface area contributed by atoms with E-state index in [0.29, 0.717) is 38.8 Å². The second-order valence-electron chi connectivity index (χ2n) is 11.2. The summed E-state index contributed by atoms with van der Waals surface area (Å²) < 4.78 is 55.5. The van der Waals surface area contributed by atoms with Crippen LogP contribution in [0.15, 0.2) is 138 Å². The summed E-state index contributed by atoms with van der Waals surface area (Å²) in [4.78, 5) is 10.5. The number of aryl methyl sites for hydroxylation is 1. The van der Waals surface area contributed by atoms with Crippen LogP contribution in [-0.4, -0.2) is 73.3 Å². The summed E-state index contributed by atoms with van der Waals surface area (Å²) in [6.45, 7) is 3.80. The van der Waals surface area contributed by atoms with Crippen LogP contribution >= 0.6 is 7.92 Å². The molecule has 0 saturated carbocycles. The maximum Gasteiger partial charge on any atom is 0.311 e. The second-order valence-corrected chi connectivity index (χ2v) is 15.0. The molecular weight excluding hydrogens is 717 g/mol. The minimum Gasteiger partial charge on any atom is -0.491 e. The van der Waals surface area contributed by atoms with Gasteiger partial charge in [0.05, 0.1) is 63.2 Å². The first-order valence-electron chi connectivity index (χ1n) is 16.9. The molecule has 13 heteroatoms. The average Bonchev–Trinajstić information content (AvgIpc) is 3.18. The van der Waals surface area contributed by atoms with Crippen molar-refractivity contribution in [3.8, 4) is 11.5 Å². The molecule has 0 spiro atoms. The van der Waals surface area contributed by atoms with Gasteiger partial charge in [0.2, 0.25) is 5.75 Å². The number of hydrogen-bond acceptors (Lipinski definition) is 10. The summed E-state index contributed by atoms with van der Waals surface area (Å²) in [5.41, 5.74) is 0.830. The third kappa shape index (κ3) is 14.0. The van der Waals surface area contributed by atoms with Crippen LogP contribution in [0.5, 0.6) is 11.5 Å². The molecule has 0 fully saturated rings. The van der Waals surface area contributed by atoms with Gasteiger partial charge in [-0.1, -0.05) is 109 Å². The Hall–Kier alpha value is -4.68. The Morgan fingerprint density at radius 3 is 1.51 bits per heavy atom. The highest BCUT2D eigenvalue weighted by Gasteiger charge is 2.17. The fraction of sp³-hybridized carbons (Fsp3) is 0.250. The van der Waals surface area contributed by atoms with Crippen LogP contribution in [-0.2, 0) is 28.5 Å². The van der Waals surface area contributed by atoms with Gasteiger partial charge in [-0.15, -0.1) is 0 Å². The van der Waals surface area contributed by atoms with Crippen molar-refractivity contribution < 1.29 is 41.2 Å². The molecule has 53 heavy (non-hydrogen) atoms. The van der Waals surface area contributed by atoms with Crippen LogP contribution in [0.1, 0.15) is 5.56 Å². The van der Waals surface area contributed by atoms with E-state index in [-0.39, 0.29) is 36.2 Å². The molecule has 0 heterocycles. The molecule has 0 amide bonds. The normalized spacial score (nSPS) is 11.1. The minimum absolute atomic E-state index is 0.0834. The Balaban J connectivity index is 0.000000275. The van der Waals surface area contributed by atoms with E-state index in [0.717, 1.165) is 5.56 Å². The zero-order valence-electron chi connectivity index (χ0n) is 29.7. The topological polar surface area (TPSA) is 133 Å². The van der Waals surface area contributed by atoms with Crippen molar-refractivity contribution in [2.24, 2.45) is 0 Å². The molecule has 0 radical (unpaired) electrons. The monoisotopic (exact) mass is 761 g/mol. The number of nitro groups is 1. The van der Waals surface area contributed by atoms with E-state index in [4.69, 9.17) is 27.9 Å². The third-order valence-electron chi connectivity index (χ3n) is 7.41. The van der Waals surface area contributed by atoms with Gasteiger partial charge in [-0.2, -0.15) is 8.42 Å². The first-order chi connectivity index (χ1) is 25.8. The summed E-state index contributed by atoms with van der Waals surface area (Å²) in [6.07, 6.45) is 0. The molecule has 0 atom stereocenters. The number of rotatable bonds is 20. The molecule has 0 bridgehead atoms. The van der Waals surface area contributed by atoms with Gasteiger partial charge < -0.3 is 23.7 Å². The Morgan fingerprint density at radius 2 is 1.06 bits per heavy atom. The van der Waals surface area contributed by atoms with Crippen molar-refractivity contribution in [1.82, 2.24) is 0 Å². The predicted octanol–water partition coefficient (Wildman–Crippen LogP) is 6.19. The fourth-order valence-corrected chi connectivity index (χ4v) is 8.01. The van der Waals surface area contributed by atoms with Crippen molar-refractivity contribution in [2.45, 2.75) is 11.8 Å². The molecule has 0 aromatic heterocycles. The van der Waals surface area contributed by atoms with Gasteiger partial charge in [-0.25, -0.2) is 0 Å². The van der Waals surface area contributed by atoms with Crippen LogP contribution in [0.2, 0.25) is 0 Å². The van der Waals surface area contributed by atoms with Gasteiger partial charge in [-0.3, -0.25) is 14.3 Å². The zero-order valence-corrected chi connectivity index (χ0v) is 31.5. The molecular formula is C40H44NO10PS. The first kappa shape index (κ1) is 41.1. The Bertz CT molecular complexity index is 1810. The summed E-state index contributed by atoms with van der Waals surface area (Å²) in [6, 6.07) is 43.0. The van der Waals surface area contributed by atoms with E-state index in [1.54, 1.807) is 12.1 Å². The summed E-state index contributed by atoms with van der Waals surface area (Å²) in [5.74, 6) is 0.564. The summed E-state index contributed by atoms with van der Waals surface area (Å²) >= 11 is 0. The quantitative estimate of drug-likeness (QED) is 0.0297. The minimum atomic E-state index is -3.79. The van der Waals surface area contributed by atoms with E-state index in [1.165, 1.54) is 53.4 Å². The number of nitro benzene ring substituents is 1. The van der Waals surface area contributed by atoms with Crippen molar-refractivity contribution in [3.63, 3.8) is 0 Å². The van der Waals surface area contributed by atoms with Gasteiger partial charge in [-0.05, 0) is 49.0 Å². The molecule has 0 aliphatic rings. The zero-order chi connectivity index (χ0) is 37.7. The fourth-order valence-electron chi connectivity index (χ4n) is 4.81. The average molecular weight is 762 g/mol. The molecule has 11 nitrogen and oxygen atoms in total. The van der Waals surface area contributed by atoms with Crippen LogP contribution in [0.4, 0.5) is 5.69 Å². The van der Waals surface area contributed by atoms with Crippen molar-refractivity contribution in [3.05, 3.63) is 149 Å². The number of nitrogens with zero attached hydrogens (tertiary/aromatic N) is 1. The van der Waals surface area contributed by atoms with Crippen molar-refractivity contribution >= 4 is 39.6 Å². The highest BCUT2D eigenvalue weighted by atomic mass is 32.2. The van der Waals surface area contributed by atoms with Gasteiger partial charge >= 0.3 is 5.69 Å². The van der Waals surface area contributed by atoms with Crippen LogP contribution in [0.25, 0.3) is 0 Å². The molecule has 5 rings (SSSR count). The molecule has 0 unspecified atom stereocenters. The molecule has 5 aromatic carbocycles. The molecule has 5 aromatic rings. The molecule has 280 valence electrons. The van der Waals surface area contributed by atoms with E-state index in [9.17, 15) is 18.5 Å². The number of methoxy groups -OCH3 is 1. The van der Waals surface area contributed by atoms with Crippen LogP contribution in [0, 0.1) is 17.0 Å². The Kier molecular flexibility index (Phi) is 17.4. The smallest absolute Gasteiger partial charge is 0.311 e. The van der Waals surface area contributed by atoms with Gasteiger partial charge in [0, 0.05) is 12.1 Å². The van der Waals surface area contributed by atoms with E-state index in [1.807, 2.05) is 6.92 Å². The van der Waals surface area contributed by atoms with Gasteiger partial charge in [0.15, 0.2) is 0 Å². The standard InChI is InChI=1S/C22H29NO10S.C18H15P/c1-18-3-6-20(7-4-18)34(26,27)33-16-14-31-12-10-29-9-11-30-13-15-32-19-5-8-21(23(24)25)22(17-19)28-2;1-4-10-16(11-5-1)19(17-12-6-2-7-13-17)18-14-8-3-9-15-18/h3-8,17H,9-16H2,1-2H3;1-15H. The van der Waals surface area contributed by atoms with E-state index < -0.39 is 23.0 Å². The van der Waals surface area contributed by atoms with Crippen molar-refractivity contribution in [2.75, 3.05) is 60.0 Å². The number of hydrogen-bond donors (Lipinski definition) is 0. The molecule has 0 N–H and O–H groups in total. The van der Waals surface area contributed by atoms with Crippen LogP contribution < -0.4 is 25.4 Å². The lowest BCUT2D eigenvalue weighted by Crippen LogP contribution is -2.20. The van der Waals surface area contributed by atoms with Gasteiger partial charge in [0.1, 0.15) is 12.4 Å². The number of ether oxygens (including phenoxy) is 5. The molecule has 0 aliphatic carbocycles. The van der Waals surface area contributed by atoms with Crippen LogP contribution in [0.3, 0.4) is 0 Å². The SMILES string of the molecule is COc1cc(OCCOCCOCCOCCOS(=O)(=O)c2ccc(C)cc2)ccc1[N+](=O)[O-].c1ccc(P(c2ccccc2)c2ccccc2)cc1. The Morgan fingerprint density at radius 1 is 0.604 bits per heavy atom.